The summed E-state index contributed by atoms with van der Waals surface area (Å²) in [6.45, 7) is 7.12. The summed E-state index contributed by atoms with van der Waals surface area (Å²) in [5.74, 6) is 4.02. The Morgan fingerprint density at radius 3 is 2.77 bits per heavy atom. The van der Waals surface area contributed by atoms with Crippen molar-refractivity contribution in [2.45, 2.75) is 76.9 Å². The molecule has 0 bridgehead atoms. The van der Waals surface area contributed by atoms with Gasteiger partial charge >= 0.3 is 0 Å². The predicted octanol–water partition coefficient (Wildman–Crippen LogP) is 5.28. The van der Waals surface area contributed by atoms with Crippen LogP contribution in [0.5, 0.6) is 0 Å². The van der Waals surface area contributed by atoms with Crippen molar-refractivity contribution in [3.63, 3.8) is 0 Å². The summed E-state index contributed by atoms with van der Waals surface area (Å²) in [7, 11) is 0. The molecule has 1 aromatic heterocycles. The summed E-state index contributed by atoms with van der Waals surface area (Å²) in [6, 6.07) is 2.16. The van der Waals surface area contributed by atoms with Crippen LogP contribution < -0.4 is 0 Å². The second-order valence-corrected chi connectivity index (χ2v) is 11.4. The highest BCUT2D eigenvalue weighted by atomic mass is 19.1. The van der Waals surface area contributed by atoms with E-state index in [0.29, 0.717) is 48.1 Å². The number of rotatable bonds is 4. The second-order valence-electron chi connectivity index (χ2n) is 11.4. The quantitative estimate of drug-likeness (QED) is 0.668. The van der Waals surface area contributed by atoms with E-state index in [0.717, 1.165) is 30.6 Å². The minimum atomic E-state index is -1.05. The molecule has 0 saturated heterocycles. The number of halogens is 1. The fourth-order valence-electron chi connectivity index (χ4n) is 8.58. The largest absolute Gasteiger partial charge is 0.387 e. The van der Waals surface area contributed by atoms with Crippen molar-refractivity contribution in [3.05, 3.63) is 30.1 Å². The van der Waals surface area contributed by atoms with Crippen molar-refractivity contribution in [2.24, 2.45) is 40.9 Å². The van der Waals surface area contributed by atoms with Crippen molar-refractivity contribution >= 4 is 0 Å². The molecule has 1 aromatic rings. The molecule has 4 saturated carbocycles. The second kappa shape index (κ2) is 7.73. The molecule has 0 amide bonds. The number of hydrogen-bond donors (Lipinski definition) is 1. The number of aromatic nitrogens is 2. The number of aliphatic hydroxyl groups is 1. The monoisotopic (exact) mass is 425 g/mol. The van der Waals surface area contributed by atoms with Gasteiger partial charge in [-0.25, -0.2) is 4.39 Å². The number of hydrogen-bond acceptors (Lipinski definition) is 3. The van der Waals surface area contributed by atoms with Crippen molar-refractivity contribution in [1.29, 1.82) is 5.26 Å². The Morgan fingerprint density at radius 2 is 2.03 bits per heavy atom. The molecule has 8 atom stereocenters. The lowest BCUT2D eigenvalue weighted by Gasteiger charge is -2.57. The summed E-state index contributed by atoms with van der Waals surface area (Å²) in [6.07, 6.45) is 13.2. The molecule has 168 valence electrons. The lowest BCUT2D eigenvalue weighted by atomic mass is 9.48. The third-order valence-corrected chi connectivity index (χ3v) is 9.97. The standard InChI is InChI=1S/C26H36FN3O/c1-17(14-30-15-18(12-28)13-29-30)23-5-6-24-22-4-3-19-11-26(31,16-27)10-8-20(19)21(22)7-9-25(23,24)2/h13,15,19-24,31H,1,3-11,14,16H2,2H3/t19-,20-,21+,22+,23+,24-,25+,26+/m0/s1. The smallest absolute Gasteiger partial charge is 0.118 e. The number of fused-ring (bicyclic) bond motifs is 5. The van der Waals surface area contributed by atoms with Crippen molar-refractivity contribution in [2.75, 3.05) is 6.67 Å². The van der Waals surface area contributed by atoms with Crippen LogP contribution in [-0.2, 0) is 6.54 Å². The van der Waals surface area contributed by atoms with Gasteiger partial charge in [0.1, 0.15) is 12.7 Å². The highest BCUT2D eigenvalue weighted by Crippen LogP contribution is 2.65. The molecule has 0 aliphatic heterocycles. The summed E-state index contributed by atoms with van der Waals surface area (Å²) >= 11 is 0. The molecule has 4 aliphatic rings. The molecular weight excluding hydrogens is 389 g/mol. The third kappa shape index (κ3) is 3.46. The minimum absolute atomic E-state index is 0.310. The van der Waals surface area contributed by atoms with Gasteiger partial charge in [0.2, 0.25) is 0 Å². The Morgan fingerprint density at radius 1 is 1.23 bits per heavy atom. The topological polar surface area (TPSA) is 61.8 Å². The maximum Gasteiger partial charge on any atom is 0.118 e. The normalized spacial score (nSPS) is 44.1. The molecular formula is C26H36FN3O. The Labute approximate surface area is 185 Å². The van der Waals surface area contributed by atoms with Gasteiger partial charge in [-0.3, -0.25) is 4.68 Å². The van der Waals surface area contributed by atoms with Gasteiger partial charge in [-0.1, -0.05) is 19.1 Å². The van der Waals surface area contributed by atoms with Crippen LogP contribution in [0.25, 0.3) is 0 Å². The Hall–Kier alpha value is -1.67. The van der Waals surface area contributed by atoms with E-state index >= 15 is 0 Å². The van der Waals surface area contributed by atoms with Gasteiger partial charge in [0.05, 0.1) is 23.9 Å². The first kappa shape index (κ1) is 21.2. The van der Waals surface area contributed by atoms with E-state index in [9.17, 15) is 9.50 Å². The predicted molar refractivity (Wildman–Crippen MR) is 118 cm³/mol. The third-order valence-electron chi connectivity index (χ3n) is 9.97. The molecule has 0 spiro atoms. The van der Waals surface area contributed by atoms with Gasteiger partial charge in [-0.2, -0.15) is 10.4 Å². The highest BCUT2D eigenvalue weighted by molar-refractivity contribution is 5.22. The number of nitriles is 1. The number of alkyl halides is 1. The van der Waals surface area contributed by atoms with Gasteiger partial charge in [-0.05, 0) is 98.7 Å². The first-order valence-corrected chi connectivity index (χ1v) is 12.3. The summed E-state index contributed by atoms with van der Waals surface area (Å²) in [4.78, 5) is 0. The van der Waals surface area contributed by atoms with E-state index in [1.165, 1.54) is 37.7 Å². The van der Waals surface area contributed by atoms with Crippen LogP contribution in [0.2, 0.25) is 0 Å². The molecule has 0 aromatic carbocycles. The van der Waals surface area contributed by atoms with Crippen LogP contribution in [0.4, 0.5) is 4.39 Å². The Bertz CT molecular complexity index is 889. The molecule has 31 heavy (non-hydrogen) atoms. The average Bonchev–Trinajstić information content (AvgIpc) is 3.36. The average molecular weight is 426 g/mol. The van der Waals surface area contributed by atoms with Crippen LogP contribution in [-0.4, -0.2) is 27.2 Å². The van der Waals surface area contributed by atoms with Gasteiger partial charge in [0, 0.05) is 6.20 Å². The Kier molecular flexibility index (Phi) is 5.28. The molecule has 4 aliphatic carbocycles. The lowest BCUT2D eigenvalue weighted by Crippen LogP contribution is -2.51. The van der Waals surface area contributed by atoms with E-state index < -0.39 is 12.3 Å². The van der Waals surface area contributed by atoms with Crippen LogP contribution >= 0.6 is 0 Å². The fourth-order valence-corrected chi connectivity index (χ4v) is 8.58. The highest BCUT2D eigenvalue weighted by Gasteiger charge is 2.58. The number of nitrogens with zero attached hydrogens (tertiary/aromatic N) is 3. The summed E-state index contributed by atoms with van der Waals surface area (Å²) in [5.41, 5.74) is 1.12. The number of allylic oxidation sites excluding steroid dienone is 1. The molecule has 5 heteroatoms. The first-order valence-electron chi connectivity index (χ1n) is 12.3. The zero-order valence-corrected chi connectivity index (χ0v) is 18.8. The molecule has 0 radical (unpaired) electrons. The fraction of sp³-hybridized carbons (Fsp3) is 0.769. The van der Waals surface area contributed by atoms with Gasteiger partial charge < -0.3 is 5.11 Å². The molecule has 0 unspecified atom stereocenters. The molecule has 4 nitrogen and oxygen atoms in total. The van der Waals surface area contributed by atoms with E-state index in [4.69, 9.17) is 5.26 Å². The molecule has 4 fully saturated rings. The molecule has 1 heterocycles. The van der Waals surface area contributed by atoms with Crippen molar-refractivity contribution in [3.8, 4) is 6.07 Å². The molecule has 1 N–H and O–H groups in total. The van der Waals surface area contributed by atoms with Gasteiger partial charge in [0.25, 0.3) is 0 Å². The van der Waals surface area contributed by atoms with Gasteiger partial charge in [0.15, 0.2) is 0 Å². The summed E-state index contributed by atoms with van der Waals surface area (Å²) < 4.78 is 15.3. The van der Waals surface area contributed by atoms with E-state index in [-0.39, 0.29) is 0 Å². The first-order chi connectivity index (χ1) is 14.9. The molecule has 5 rings (SSSR count). The summed E-state index contributed by atoms with van der Waals surface area (Å²) in [5, 5.41) is 23.9. The van der Waals surface area contributed by atoms with Crippen LogP contribution in [0.1, 0.15) is 70.3 Å². The SMILES string of the molecule is C=C(Cn1cc(C#N)cn1)[C@H]1CC[C@H]2[C@@H]3CC[C@H]4C[C@@](O)(CF)CC[C@@H]4[C@H]3CC[C@]12C. The van der Waals surface area contributed by atoms with Crippen molar-refractivity contribution in [1.82, 2.24) is 9.78 Å². The van der Waals surface area contributed by atoms with Crippen LogP contribution in [0, 0.1) is 52.3 Å². The zero-order valence-electron chi connectivity index (χ0n) is 18.8. The maximum absolute atomic E-state index is 13.4. The van der Waals surface area contributed by atoms with E-state index in [1.54, 1.807) is 6.20 Å². The maximum atomic E-state index is 13.4. The minimum Gasteiger partial charge on any atom is -0.387 e. The lowest BCUT2D eigenvalue weighted by molar-refractivity contribution is -0.110. The van der Waals surface area contributed by atoms with E-state index in [2.05, 4.69) is 24.7 Å². The van der Waals surface area contributed by atoms with E-state index in [1.807, 2.05) is 10.9 Å². The zero-order chi connectivity index (χ0) is 21.8. The van der Waals surface area contributed by atoms with Gasteiger partial charge in [-0.15, -0.1) is 0 Å². The van der Waals surface area contributed by atoms with Crippen LogP contribution in [0.3, 0.4) is 0 Å². The Balaban J connectivity index is 1.29. The van der Waals surface area contributed by atoms with Crippen LogP contribution in [0.15, 0.2) is 24.5 Å². The van der Waals surface area contributed by atoms with Crippen molar-refractivity contribution < 1.29 is 9.50 Å².